The van der Waals surface area contributed by atoms with Gasteiger partial charge in [0.25, 0.3) is 0 Å². The third kappa shape index (κ3) is 4.20. The maximum absolute atomic E-state index is 6.29. The van der Waals surface area contributed by atoms with Gasteiger partial charge in [0.05, 0.1) is 0 Å². The van der Waals surface area contributed by atoms with E-state index in [1.807, 2.05) is 0 Å². The quantitative estimate of drug-likeness (QED) is 0.865. The number of hydrogen-bond acceptors (Lipinski definition) is 3. The van der Waals surface area contributed by atoms with Gasteiger partial charge in [-0.05, 0) is 76.0 Å². The molecule has 2 N–H and O–H groups in total. The topological polar surface area (TPSA) is 32.5 Å². The number of nitrogens with two attached hydrogens (primary N) is 1. The van der Waals surface area contributed by atoms with Crippen molar-refractivity contribution in [3.05, 3.63) is 0 Å². The molecule has 124 valence electrons. The molecule has 3 nitrogen and oxygen atoms in total. The van der Waals surface area contributed by atoms with E-state index in [1.165, 1.54) is 51.9 Å². The number of rotatable bonds is 4. The summed E-state index contributed by atoms with van der Waals surface area (Å²) >= 11 is 0. The minimum absolute atomic E-state index is 0.374. The zero-order valence-electron chi connectivity index (χ0n) is 14.9. The minimum atomic E-state index is 0.374. The Kier molecular flexibility index (Phi) is 5.72. The molecule has 0 bridgehead atoms. The van der Waals surface area contributed by atoms with Crippen LogP contribution in [-0.2, 0) is 0 Å². The Hall–Kier alpha value is -0.120. The molecule has 1 heterocycles. The summed E-state index contributed by atoms with van der Waals surface area (Å²) < 4.78 is 0. The summed E-state index contributed by atoms with van der Waals surface area (Å²) in [7, 11) is 4.57. The summed E-state index contributed by atoms with van der Waals surface area (Å²) in [6.45, 7) is 12.3. The van der Waals surface area contributed by atoms with E-state index in [0.29, 0.717) is 17.4 Å². The highest BCUT2D eigenvalue weighted by molar-refractivity contribution is 4.94. The van der Waals surface area contributed by atoms with Crippen molar-refractivity contribution in [3.8, 4) is 0 Å². The molecule has 0 spiro atoms. The molecule has 0 radical (unpaired) electrons. The van der Waals surface area contributed by atoms with Gasteiger partial charge >= 0.3 is 0 Å². The van der Waals surface area contributed by atoms with Crippen LogP contribution in [0.5, 0.6) is 0 Å². The van der Waals surface area contributed by atoms with Gasteiger partial charge in [-0.1, -0.05) is 20.8 Å². The highest BCUT2D eigenvalue weighted by Crippen LogP contribution is 2.44. The van der Waals surface area contributed by atoms with E-state index in [4.69, 9.17) is 5.73 Å². The summed E-state index contributed by atoms with van der Waals surface area (Å²) in [4.78, 5) is 5.07. The van der Waals surface area contributed by atoms with Gasteiger partial charge in [-0.15, -0.1) is 0 Å². The lowest BCUT2D eigenvalue weighted by Gasteiger charge is -2.48. The molecule has 0 amide bonds. The average Bonchev–Trinajstić information content (AvgIpc) is 2.43. The highest BCUT2D eigenvalue weighted by atomic mass is 15.1. The Labute approximate surface area is 132 Å². The molecule has 1 aliphatic carbocycles. The molecule has 21 heavy (non-hydrogen) atoms. The predicted octanol–water partition coefficient (Wildman–Crippen LogP) is 2.66. The fourth-order valence-corrected chi connectivity index (χ4v) is 4.40. The van der Waals surface area contributed by atoms with E-state index < -0.39 is 0 Å². The lowest BCUT2D eigenvalue weighted by molar-refractivity contribution is 0.0290. The molecule has 2 aliphatic rings. The fourth-order valence-electron chi connectivity index (χ4n) is 4.40. The smallest absolute Gasteiger partial charge is 0.00698 e. The van der Waals surface area contributed by atoms with Gasteiger partial charge in [0.15, 0.2) is 0 Å². The van der Waals surface area contributed by atoms with Crippen LogP contribution in [0.1, 0.15) is 46.5 Å². The first-order valence-corrected chi connectivity index (χ1v) is 8.93. The van der Waals surface area contributed by atoms with Crippen molar-refractivity contribution in [2.75, 3.05) is 40.3 Å². The Morgan fingerprint density at radius 2 is 1.71 bits per heavy atom. The second-order valence-electron chi connectivity index (χ2n) is 8.52. The molecule has 0 aromatic carbocycles. The third-order valence-electron chi connectivity index (χ3n) is 6.66. The number of hydrogen-bond donors (Lipinski definition) is 1. The van der Waals surface area contributed by atoms with Crippen LogP contribution in [0.25, 0.3) is 0 Å². The van der Waals surface area contributed by atoms with Crippen molar-refractivity contribution >= 4 is 0 Å². The maximum Gasteiger partial charge on any atom is 0.00698 e. The van der Waals surface area contributed by atoms with Crippen molar-refractivity contribution in [1.29, 1.82) is 0 Å². The monoisotopic (exact) mass is 295 g/mol. The summed E-state index contributed by atoms with van der Waals surface area (Å²) in [6.07, 6.45) is 5.25. The van der Waals surface area contributed by atoms with E-state index in [-0.39, 0.29) is 0 Å². The van der Waals surface area contributed by atoms with Crippen LogP contribution in [0.3, 0.4) is 0 Å². The number of piperidine rings is 1. The number of likely N-dealkylation sites (tertiary alicyclic amines) is 1. The van der Waals surface area contributed by atoms with Crippen LogP contribution in [0.15, 0.2) is 0 Å². The first-order chi connectivity index (χ1) is 9.80. The number of nitrogens with zero attached hydrogens (tertiary/aromatic N) is 2. The molecule has 1 aliphatic heterocycles. The Morgan fingerprint density at radius 1 is 1.10 bits per heavy atom. The molecule has 1 saturated heterocycles. The first kappa shape index (κ1) is 17.2. The van der Waals surface area contributed by atoms with Gasteiger partial charge in [-0.25, -0.2) is 0 Å². The van der Waals surface area contributed by atoms with Crippen molar-refractivity contribution < 1.29 is 0 Å². The average molecular weight is 296 g/mol. The summed E-state index contributed by atoms with van der Waals surface area (Å²) in [5, 5.41) is 0. The summed E-state index contributed by atoms with van der Waals surface area (Å²) in [5.74, 6) is 2.33. The molecule has 2 rings (SSSR count). The molecule has 2 fully saturated rings. The van der Waals surface area contributed by atoms with Gasteiger partial charge in [0, 0.05) is 19.1 Å². The van der Waals surface area contributed by atoms with Gasteiger partial charge in [-0.3, -0.25) is 0 Å². The zero-order chi connectivity index (χ0) is 15.6. The van der Waals surface area contributed by atoms with E-state index >= 15 is 0 Å². The van der Waals surface area contributed by atoms with Crippen molar-refractivity contribution in [1.82, 2.24) is 9.80 Å². The molecule has 3 atom stereocenters. The zero-order valence-corrected chi connectivity index (χ0v) is 14.9. The Morgan fingerprint density at radius 3 is 2.33 bits per heavy atom. The molecule has 3 unspecified atom stereocenters. The Balaban J connectivity index is 1.83. The van der Waals surface area contributed by atoms with Crippen LogP contribution in [0.2, 0.25) is 0 Å². The fraction of sp³-hybridized carbons (Fsp3) is 1.00. The second kappa shape index (κ2) is 6.97. The normalized spacial score (nSPS) is 35.3. The van der Waals surface area contributed by atoms with Gasteiger partial charge in [-0.2, -0.15) is 0 Å². The molecular weight excluding hydrogens is 258 g/mol. The van der Waals surface area contributed by atoms with E-state index in [1.54, 1.807) is 0 Å². The van der Waals surface area contributed by atoms with Crippen LogP contribution in [-0.4, -0.2) is 56.1 Å². The SMILES string of the molecule is CC1C(N)CCC(CN(C)CC2CCN(C)CC2)C1(C)C. The van der Waals surface area contributed by atoms with Crippen LogP contribution < -0.4 is 5.73 Å². The third-order valence-corrected chi connectivity index (χ3v) is 6.66. The van der Waals surface area contributed by atoms with E-state index in [9.17, 15) is 0 Å². The molecule has 0 aromatic rings. The summed E-state index contributed by atoms with van der Waals surface area (Å²) in [6, 6.07) is 0.399. The lowest BCUT2D eigenvalue weighted by Crippen LogP contribution is -2.50. The van der Waals surface area contributed by atoms with Gasteiger partial charge in [0.2, 0.25) is 0 Å². The Bertz CT molecular complexity index is 320. The van der Waals surface area contributed by atoms with Crippen LogP contribution in [0, 0.1) is 23.2 Å². The lowest BCUT2D eigenvalue weighted by atomic mass is 9.61. The van der Waals surface area contributed by atoms with Crippen LogP contribution in [0.4, 0.5) is 0 Å². The van der Waals surface area contributed by atoms with Gasteiger partial charge < -0.3 is 15.5 Å². The minimum Gasteiger partial charge on any atom is -0.327 e. The largest absolute Gasteiger partial charge is 0.327 e. The second-order valence-corrected chi connectivity index (χ2v) is 8.52. The predicted molar refractivity (Wildman–Crippen MR) is 91.4 cm³/mol. The highest BCUT2D eigenvalue weighted by Gasteiger charge is 2.41. The summed E-state index contributed by atoms with van der Waals surface area (Å²) in [5.41, 5.74) is 6.66. The molecular formula is C18H37N3. The van der Waals surface area contributed by atoms with Crippen molar-refractivity contribution in [2.24, 2.45) is 28.9 Å². The van der Waals surface area contributed by atoms with Crippen LogP contribution >= 0.6 is 0 Å². The maximum atomic E-state index is 6.29. The molecule has 1 saturated carbocycles. The standard InChI is InChI=1S/C18H37N3/c1-14-17(19)7-6-16(18(14,2)3)13-21(5)12-15-8-10-20(4)11-9-15/h14-17H,6-13,19H2,1-5H3. The van der Waals surface area contributed by atoms with Crippen molar-refractivity contribution in [3.63, 3.8) is 0 Å². The molecule has 3 heteroatoms. The van der Waals surface area contributed by atoms with E-state index in [0.717, 1.165) is 11.8 Å². The van der Waals surface area contributed by atoms with E-state index in [2.05, 4.69) is 44.7 Å². The first-order valence-electron chi connectivity index (χ1n) is 8.93. The molecule has 0 aromatic heterocycles. The van der Waals surface area contributed by atoms with Gasteiger partial charge in [0.1, 0.15) is 0 Å². The van der Waals surface area contributed by atoms with Crippen molar-refractivity contribution in [2.45, 2.75) is 52.5 Å².